The molecule has 2 aromatic carbocycles. The molecule has 1 fully saturated rings. The molecule has 2 aromatic rings. The average Bonchev–Trinajstić information content (AvgIpc) is 3.14. The Morgan fingerprint density at radius 1 is 1.00 bits per heavy atom. The molecule has 0 aromatic heterocycles. The van der Waals surface area contributed by atoms with Crippen LogP contribution >= 0.6 is 0 Å². The Labute approximate surface area is 162 Å². The van der Waals surface area contributed by atoms with E-state index in [9.17, 15) is 14.4 Å². The molecular weight excluding hydrogens is 362 g/mol. The van der Waals surface area contributed by atoms with Gasteiger partial charge in [-0.2, -0.15) is 5.06 Å². The number of rotatable bonds is 5. The van der Waals surface area contributed by atoms with Gasteiger partial charge in [-0.3, -0.25) is 14.4 Å². The Morgan fingerprint density at radius 2 is 1.64 bits per heavy atom. The molecule has 2 atom stereocenters. The van der Waals surface area contributed by atoms with Crippen LogP contribution in [0.3, 0.4) is 0 Å². The van der Waals surface area contributed by atoms with E-state index in [0.717, 1.165) is 11.5 Å². The number of carbonyl (C=O) groups is 3. The highest BCUT2D eigenvalue weighted by molar-refractivity contribution is 6.09. The van der Waals surface area contributed by atoms with E-state index in [0.29, 0.717) is 29.7 Å². The molecule has 7 nitrogen and oxygen atoms in total. The molecule has 148 valence electrons. The summed E-state index contributed by atoms with van der Waals surface area (Å²) in [6.07, 6.45) is 1.33. The number of aliphatic carboxylic acids is 2. The van der Waals surface area contributed by atoms with E-state index >= 15 is 0 Å². The van der Waals surface area contributed by atoms with Gasteiger partial charge in [0.05, 0.1) is 5.92 Å². The molecule has 1 heterocycles. The molecule has 0 radical (unpaired) electrons. The zero-order valence-corrected chi connectivity index (χ0v) is 15.5. The van der Waals surface area contributed by atoms with Crippen molar-refractivity contribution >= 4 is 17.7 Å². The van der Waals surface area contributed by atoms with Crippen LogP contribution in [0.4, 0.5) is 0 Å². The maximum Gasteiger partial charge on any atom is 0.323 e. The molecule has 0 saturated carbocycles. The van der Waals surface area contributed by atoms with Gasteiger partial charge >= 0.3 is 11.9 Å². The first-order chi connectivity index (χ1) is 13.3. The van der Waals surface area contributed by atoms with E-state index in [1.54, 1.807) is 55.5 Å². The van der Waals surface area contributed by atoms with Crippen molar-refractivity contribution in [3.8, 4) is 0 Å². The highest BCUT2D eigenvalue weighted by atomic mass is 16.5. The molecule has 0 spiro atoms. The minimum atomic E-state index is -0.935. The van der Waals surface area contributed by atoms with E-state index in [2.05, 4.69) is 0 Å². The normalized spacial score (nSPS) is 17.3. The summed E-state index contributed by atoms with van der Waals surface area (Å²) >= 11 is 0. The molecule has 2 unspecified atom stereocenters. The quantitative estimate of drug-likeness (QED) is 0.678. The van der Waals surface area contributed by atoms with Gasteiger partial charge in [0.15, 0.2) is 5.78 Å². The topological polar surface area (TPSA) is 115 Å². The number of carbonyl (C=O) groups excluding carboxylic acids is 1. The number of hydrogen-bond donors (Lipinski definition) is 3. The third-order valence-electron chi connectivity index (χ3n) is 4.56. The monoisotopic (exact) mass is 385 g/mol. The Morgan fingerprint density at radius 3 is 2.14 bits per heavy atom. The second-order valence-corrected chi connectivity index (χ2v) is 6.54. The summed E-state index contributed by atoms with van der Waals surface area (Å²) in [6, 6.07) is 15.1. The van der Waals surface area contributed by atoms with E-state index in [-0.39, 0.29) is 5.78 Å². The third kappa shape index (κ3) is 5.48. The fraction of sp³-hybridized carbons (Fsp3) is 0.286. The average molecular weight is 385 g/mol. The lowest BCUT2D eigenvalue weighted by Crippen LogP contribution is -2.32. The smallest absolute Gasteiger partial charge is 0.323 e. The SMILES string of the molecule is CC(C(=O)O)c1cccc(C(=O)c2ccccc2)c1.O=C(O)C1CCCN1O. The zero-order valence-electron chi connectivity index (χ0n) is 15.5. The number of nitrogens with zero attached hydrogens (tertiary/aromatic N) is 1. The molecule has 1 aliphatic rings. The van der Waals surface area contributed by atoms with Gasteiger partial charge in [0.2, 0.25) is 0 Å². The van der Waals surface area contributed by atoms with E-state index in [1.807, 2.05) is 6.07 Å². The van der Waals surface area contributed by atoms with Crippen molar-refractivity contribution in [3.05, 3.63) is 71.3 Å². The minimum absolute atomic E-state index is 0.0972. The number of ketones is 1. The van der Waals surface area contributed by atoms with Crippen LogP contribution < -0.4 is 0 Å². The standard InChI is InChI=1S/C16H14O3.C5H9NO3/c1-11(16(18)19)13-8-5-9-14(10-13)15(17)12-6-3-2-4-7-12;7-5(8)4-2-1-3-6(4)9/h2-11H,1H3,(H,18,19);4,9H,1-3H2,(H,7,8). The van der Waals surface area contributed by atoms with Gasteiger partial charge in [0, 0.05) is 17.7 Å². The van der Waals surface area contributed by atoms with Crippen LogP contribution in [0.25, 0.3) is 0 Å². The van der Waals surface area contributed by atoms with Crippen molar-refractivity contribution in [1.82, 2.24) is 5.06 Å². The van der Waals surface area contributed by atoms with Crippen molar-refractivity contribution in [2.75, 3.05) is 6.54 Å². The Bertz CT molecular complexity index is 836. The molecule has 0 bridgehead atoms. The molecule has 28 heavy (non-hydrogen) atoms. The fourth-order valence-corrected chi connectivity index (χ4v) is 2.85. The molecule has 3 N–H and O–H groups in total. The van der Waals surface area contributed by atoms with Crippen LogP contribution in [-0.4, -0.2) is 50.8 Å². The second-order valence-electron chi connectivity index (χ2n) is 6.54. The number of hydrogen-bond acceptors (Lipinski definition) is 5. The van der Waals surface area contributed by atoms with Gasteiger partial charge in [-0.25, -0.2) is 0 Å². The largest absolute Gasteiger partial charge is 0.481 e. The summed E-state index contributed by atoms with van der Waals surface area (Å²) in [5.41, 5.74) is 1.74. The minimum Gasteiger partial charge on any atom is -0.481 e. The molecule has 0 aliphatic carbocycles. The van der Waals surface area contributed by atoms with Crippen molar-refractivity contribution in [1.29, 1.82) is 0 Å². The predicted molar refractivity (Wildman–Crippen MR) is 102 cm³/mol. The van der Waals surface area contributed by atoms with Crippen LogP contribution in [0.15, 0.2) is 54.6 Å². The first kappa shape index (κ1) is 21.3. The summed E-state index contributed by atoms with van der Waals surface area (Å²) in [5, 5.41) is 27.1. The Balaban J connectivity index is 0.000000261. The fourth-order valence-electron chi connectivity index (χ4n) is 2.85. The predicted octanol–water partition coefficient (Wildman–Crippen LogP) is 3.03. The van der Waals surface area contributed by atoms with Crippen molar-refractivity contribution < 1.29 is 29.8 Å². The van der Waals surface area contributed by atoms with Crippen molar-refractivity contribution in [2.24, 2.45) is 0 Å². The van der Waals surface area contributed by atoms with Crippen LogP contribution in [-0.2, 0) is 9.59 Å². The number of hydroxylamine groups is 2. The molecule has 0 amide bonds. The highest BCUT2D eigenvalue weighted by Crippen LogP contribution is 2.19. The third-order valence-corrected chi connectivity index (χ3v) is 4.56. The number of carboxylic acids is 2. The van der Waals surface area contributed by atoms with E-state index in [4.69, 9.17) is 15.4 Å². The van der Waals surface area contributed by atoms with Gasteiger partial charge in [0.25, 0.3) is 0 Å². The summed E-state index contributed by atoms with van der Waals surface area (Å²) in [4.78, 5) is 33.4. The summed E-state index contributed by atoms with van der Waals surface area (Å²) in [5.74, 6) is -2.55. The van der Waals surface area contributed by atoms with Crippen LogP contribution in [0.1, 0.15) is 47.2 Å². The lowest BCUT2D eigenvalue weighted by Gasteiger charge is -2.11. The number of carboxylic acid groups (broad SMARTS) is 2. The summed E-state index contributed by atoms with van der Waals surface area (Å²) < 4.78 is 0. The second kappa shape index (κ2) is 9.77. The van der Waals surface area contributed by atoms with Gasteiger partial charge in [-0.15, -0.1) is 0 Å². The van der Waals surface area contributed by atoms with Gasteiger partial charge in [-0.1, -0.05) is 48.5 Å². The molecule has 7 heteroatoms. The van der Waals surface area contributed by atoms with Crippen LogP contribution in [0, 0.1) is 0 Å². The molecule has 1 aliphatic heterocycles. The molecule has 1 saturated heterocycles. The highest BCUT2D eigenvalue weighted by Gasteiger charge is 2.28. The Kier molecular flexibility index (Phi) is 7.43. The molecular formula is C21H23NO6. The Hall–Kier alpha value is -3.03. The maximum absolute atomic E-state index is 12.2. The summed E-state index contributed by atoms with van der Waals surface area (Å²) in [7, 11) is 0. The van der Waals surface area contributed by atoms with Crippen LogP contribution in [0.5, 0.6) is 0 Å². The first-order valence-electron chi connectivity index (χ1n) is 8.92. The first-order valence-corrected chi connectivity index (χ1v) is 8.92. The number of benzene rings is 2. The van der Waals surface area contributed by atoms with Crippen molar-refractivity contribution in [2.45, 2.75) is 31.7 Å². The van der Waals surface area contributed by atoms with Crippen molar-refractivity contribution in [3.63, 3.8) is 0 Å². The van der Waals surface area contributed by atoms with E-state index in [1.165, 1.54) is 0 Å². The lowest BCUT2D eigenvalue weighted by atomic mass is 9.96. The van der Waals surface area contributed by atoms with Gasteiger partial charge in [0.1, 0.15) is 6.04 Å². The van der Waals surface area contributed by atoms with Crippen LogP contribution in [0.2, 0.25) is 0 Å². The van der Waals surface area contributed by atoms with Gasteiger partial charge < -0.3 is 15.4 Å². The van der Waals surface area contributed by atoms with E-state index < -0.39 is 23.9 Å². The summed E-state index contributed by atoms with van der Waals surface area (Å²) in [6.45, 7) is 2.09. The van der Waals surface area contributed by atoms with Gasteiger partial charge in [-0.05, 0) is 31.4 Å². The maximum atomic E-state index is 12.2. The molecule has 3 rings (SSSR count). The zero-order chi connectivity index (χ0) is 20.7. The lowest BCUT2D eigenvalue weighted by molar-refractivity contribution is -0.161.